The Labute approximate surface area is 183 Å². The molecule has 3 aromatic rings. The highest BCUT2D eigenvalue weighted by Crippen LogP contribution is 2.23. The van der Waals surface area contributed by atoms with Crippen LogP contribution in [0.4, 0.5) is 17.5 Å². The van der Waals surface area contributed by atoms with Crippen LogP contribution in [-0.4, -0.2) is 48.9 Å². The van der Waals surface area contributed by atoms with E-state index < -0.39 is 10.0 Å². The minimum atomic E-state index is -3.51. The Morgan fingerprint density at radius 1 is 0.839 bits per heavy atom. The smallest absolute Gasteiger partial charge is 0.243 e. The van der Waals surface area contributed by atoms with E-state index in [2.05, 4.69) is 15.3 Å². The molecule has 0 amide bonds. The zero-order valence-electron chi connectivity index (χ0n) is 18.0. The van der Waals surface area contributed by atoms with Crippen molar-refractivity contribution in [2.45, 2.75) is 25.7 Å². The van der Waals surface area contributed by atoms with E-state index in [0.29, 0.717) is 37.0 Å². The first-order valence-electron chi connectivity index (χ1n) is 10.3. The monoisotopic (exact) mass is 437 g/mol. The van der Waals surface area contributed by atoms with Crippen LogP contribution < -0.4 is 10.2 Å². The number of para-hydroxylation sites is 1. The van der Waals surface area contributed by atoms with Gasteiger partial charge in [-0.05, 0) is 56.2 Å². The Balaban J connectivity index is 1.48. The number of hydrogen-bond donors (Lipinski definition) is 1. The van der Waals surface area contributed by atoms with Gasteiger partial charge in [0.05, 0.1) is 4.90 Å². The van der Waals surface area contributed by atoms with Crippen molar-refractivity contribution in [3.8, 4) is 0 Å². The zero-order chi connectivity index (χ0) is 22.0. The molecule has 0 bridgehead atoms. The third-order valence-electron chi connectivity index (χ3n) is 5.53. The second kappa shape index (κ2) is 8.64. The number of anilines is 3. The molecule has 1 aliphatic rings. The van der Waals surface area contributed by atoms with Crippen LogP contribution in [0.2, 0.25) is 0 Å². The summed E-state index contributed by atoms with van der Waals surface area (Å²) in [4.78, 5) is 11.6. The van der Waals surface area contributed by atoms with E-state index in [0.717, 1.165) is 28.3 Å². The van der Waals surface area contributed by atoms with Gasteiger partial charge in [-0.15, -0.1) is 0 Å². The molecule has 2 heterocycles. The number of hydrogen-bond acceptors (Lipinski definition) is 6. The SMILES string of the molecule is Cc1cc(Nc2ccccc2)nc(N2CCN(S(=O)(=O)c3ccc(C)c(C)c3)CC2)n1. The summed E-state index contributed by atoms with van der Waals surface area (Å²) in [5, 5.41) is 3.30. The maximum atomic E-state index is 13.1. The Bertz CT molecular complexity index is 1170. The standard InChI is InChI=1S/C23H27N5O2S/c1-17-9-10-21(15-18(17)2)31(29,30)28-13-11-27(12-14-28)23-24-19(3)16-22(26-23)25-20-7-5-4-6-8-20/h4-10,15-16H,11-14H2,1-3H3,(H,24,25,26). The fraction of sp³-hybridized carbons (Fsp3) is 0.304. The van der Waals surface area contributed by atoms with Gasteiger partial charge in [0.25, 0.3) is 0 Å². The summed E-state index contributed by atoms with van der Waals surface area (Å²) in [5.74, 6) is 1.33. The van der Waals surface area contributed by atoms with Crippen molar-refractivity contribution in [2.75, 3.05) is 36.4 Å². The van der Waals surface area contributed by atoms with Crippen LogP contribution in [0.1, 0.15) is 16.8 Å². The third kappa shape index (κ3) is 4.70. The average molecular weight is 438 g/mol. The fourth-order valence-corrected chi connectivity index (χ4v) is 5.09. The molecule has 0 atom stereocenters. The van der Waals surface area contributed by atoms with Gasteiger partial charge in [0.1, 0.15) is 5.82 Å². The van der Waals surface area contributed by atoms with Crippen LogP contribution >= 0.6 is 0 Å². The highest BCUT2D eigenvalue weighted by Gasteiger charge is 2.29. The molecular weight excluding hydrogens is 410 g/mol. The van der Waals surface area contributed by atoms with E-state index in [-0.39, 0.29) is 0 Å². The van der Waals surface area contributed by atoms with Gasteiger partial charge < -0.3 is 10.2 Å². The van der Waals surface area contributed by atoms with Crippen molar-refractivity contribution in [1.29, 1.82) is 0 Å². The van der Waals surface area contributed by atoms with E-state index in [1.54, 1.807) is 16.4 Å². The maximum Gasteiger partial charge on any atom is 0.243 e. The van der Waals surface area contributed by atoms with E-state index in [1.807, 2.05) is 68.1 Å². The molecule has 1 aromatic heterocycles. The molecule has 1 saturated heterocycles. The summed E-state index contributed by atoms with van der Waals surface area (Å²) in [7, 11) is -3.51. The van der Waals surface area contributed by atoms with Gasteiger partial charge in [-0.3, -0.25) is 0 Å². The second-order valence-corrected chi connectivity index (χ2v) is 9.76. The number of rotatable bonds is 5. The summed E-state index contributed by atoms with van der Waals surface area (Å²) in [6.45, 7) is 7.72. The van der Waals surface area contributed by atoms with Crippen LogP contribution in [0.3, 0.4) is 0 Å². The van der Waals surface area contributed by atoms with Gasteiger partial charge in [0, 0.05) is 43.6 Å². The van der Waals surface area contributed by atoms with E-state index in [9.17, 15) is 8.42 Å². The number of nitrogens with zero attached hydrogens (tertiary/aromatic N) is 4. The van der Waals surface area contributed by atoms with Crippen molar-refractivity contribution in [3.63, 3.8) is 0 Å². The van der Waals surface area contributed by atoms with Crippen LogP contribution in [0.25, 0.3) is 0 Å². The average Bonchev–Trinajstić information content (AvgIpc) is 2.76. The predicted molar refractivity (Wildman–Crippen MR) is 123 cm³/mol. The quantitative estimate of drug-likeness (QED) is 0.656. The van der Waals surface area contributed by atoms with E-state index in [4.69, 9.17) is 0 Å². The largest absolute Gasteiger partial charge is 0.340 e. The Morgan fingerprint density at radius 3 is 2.23 bits per heavy atom. The van der Waals surface area contributed by atoms with Crippen molar-refractivity contribution in [3.05, 3.63) is 71.4 Å². The summed E-state index contributed by atoms with van der Waals surface area (Å²) in [6, 6.07) is 17.1. The molecule has 162 valence electrons. The molecule has 31 heavy (non-hydrogen) atoms. The van der Waals surface area contributed by atoms with Crippen molar-refractivity contribution in [1.82, 2.24) is 14.3 Å². The van der Waals surface area contributed by atoms with Gasteiger partial charge >= 0.3 is 0 Å². The van der Waals surface area contributed by atoms with Crippen LogP contribution in [0, 0.1) is 20.8 Å². The van der Waals surface area contributed by atoms with Crippen molar-refractivity contribution in [2.24, 2.45) is 0 Å². The molecule has 1 N–H and O–H groups in total. The van der Waals surface area contributed by atoms with Crippen LogP contribution in [-0.2, 0) is 10.0 Å². The Morgan fingerprint density at radius 2 is 1.55 bits per heavy atom. The molecule has 0 aliphatic carbocycles. The Hall–Kier alpha value is -2.97. The fourth-order valence-electron chi connectivity index (χ4n) is 3.58. The lowest BCUT2D eigenvalue weighted by Gasteiger charge is -2.34. The van der Waals surface area contributed by atoms with Gasteiger partial charge in [0.2, 0.25) is 16.0 Å². The van der Waals surface area contributed by atoms with Crippen molar-refractivity contribution >= 4 is 27.5 Å². The van der Waals surface area contributed by atoms with E-state index >= 15 is 0 Å². The molecule has 0 saturated carbocycles. The van der Waals surface area contributed by atoms with E-state index in [1.165, 1.54) is 0 Å². The zero-order valence-corrected chi connectivity index (χ0v) is 18.9. The van der Waals surface area contributed by atoms with Gasteiger partial charge in [-0.1, -0.05) is 24.3 Å². The lowest BCUT2D eigenvalue weighted by molar-refractivity contribution is 0.382. The first-order chi connectivity index (χ1) is 14.8. The van der Waals surface area contributed by atoms with Crippen LogP contribution in [0.15, 0.2) is 59.5 Å². The normalized spacial score (nSPS) is 15.1. The molecule has 7 nitrogen and oxygen atoms in total. The number of nitrogens with one attached hydrogen (secondary N) is 1. The summed E-state index contributed by atoms with van der Waals surface area (Å²) >= 11 is 0. The third-order valence-corrected chi connectivity index (χ3v) is 7.42. The molecule has 0 unspecified atom stereocenters. The molecular formula is C23H27N5O2S. The highest BCUT2D eigenvalue weighted by atomic mass is 32.2. The van der Waals surface area contributed by atoms with Gasteiger partial charge in [-0.2, -0.15) is 9.29 Å². The number of piperazine rings is 1. The second-order valence-electron chi connectivity index (χ2n) is 7.82. The van der Waals surface area contributed by atoms with Gasteiger partial charge in [-0.25, -0.2) is 13.4 Å². The minimum Gasteiger partial charge on any atom is -0.340 e. The Kier molecular flexibility index (Phi) is 5.93. The van der Waals surface area contributed by atoms with Crippen LogP contribution in [0.5, 0.6) is 0 Å². The summed E-state index contributed by atoms with van der Waals surface area (Å²) in [5.41, 5.74) is 3.87. The molecule has 2 aromatic carbocycles. The number of aromatic nitrogens is 2. The number of benzene rings is 2. The molecule has 4 rings (SSSR count). The topological polar surface area (TPSA) is 78.4 Å². The number of sulfonamides is 1. The summed E-state index contributed by atoms with van der Waals surface area (Å²) in [6.07, 6.45) is 0. The molecule has 8 heteroatoms. The summed E-state index contributed by atoms with van der Waals surface area (Å²) < 4.78 is 27.7. The lowest BCUT2D eigenvalue weighted by Crippen LogP contribution is -2.49. The minimum absolute atomic E-state index is 0.352. The van der Waals surface area contributed by atoms with Crippen molar-refractivity contribution < 1.29 is 8.42 Å². The first-order valence-corrected chi connectivity index (χ1v) is 11.8. The predicted octanol–water partition coefficient (Wildman–Crippen LogP) is 3.66. The maximum absolute atomic E-state index is 13.1. The molecule has 1 fully saturated rings. The van der Waals surface area contributed by atoms with Gasteiger partial charge in [0.15, 0.2) is 0 Å². The molecule has 0 radical (unpaired) electrons. The first kappa shape index (κ1) is 21.3. The number of aryl methyl sites for hydroxylation is 3. The lowest BCUT2D eigenvalue weighted by atomic mass is 10.1. The molecule has 1 aliphatic heterocycles. The highest BCUT2D eigenvalue weighted by molar-refractivity contribution is 7.89. The molecule has 0 spiro atoms.